The van der Waals surface area contributed by atoms with Crippen molar-refractivity contribution < 1.29 is 4.74 Å². The molecule has 2 nitrogen and oxygen atoms in total. The highest BCUT2D eigenvalue weighted by molar-refractivity contribution is 4.88. The van der Waals surface area contributed by atoms with Crippen molar-refractivity contribution in [2.75, 3.05) is 13.7 Å². The molecule has 1 heterocycles. The molecule has 0 aromatic carbocycles. The Morgan fingerprint density at radius 1 is 1.33 bits per heavy atom. The topological polar surface area (TPSA) is 21.3 Å². The maximum Gasteiger partial charge on any atom is 0.0616 e. The van der Waals surface area contributed by atoms with Crippen molar-refractivity contribution in [3.05, 3.63) is 0 Å². The van der Waals surface area contributed by atoms with Gasteiger partial charge in [-0.1, -0.05) is 26.2 Å². The molecule has 1 aliphatic heterocycles. The largest absolute Gasteiger partial charge is 0.378 e. The van der Waals surface area contributed by atoms with Gasteiger partial charge in [0.1, 0.15) is 0 Å². The Morgan fingerprint density at radius 2 is 2.13 bits per heavy atom. The van der Waals surface area contributed by atoms with Gasteiger partial charge in [0.15, 0.2) is 0 Å². The summed E-state index contributed by atoms with van der Waals surface area (Å²) in [5, 5.41) is 3.53. The van der Waals surface area contributed by atoms with Gasteiger partial charge < -0.3 is 10.1 Å². The van der Waals surface area contributed by atoms with Gasteiger partial charge in [-0.25, -0.2) is 0 Å². The van der Waals surface area contributed by atoms with Crippen molar-refractivity contribution >= 4 is 0 Å². The summed E-state index contributed by atoms with van der Waals surface area (Å²) in [6.45, 7) is 3.23. The average molecular weight is 211 g/mol. The Bertz CT molecular complexity index is 191. The second kappa shape index (κ2) is 5.31. The molecule has 0 spiro atoms. The first-order valence-corrected chi connectivity index (χ1v) is 6.64. The van der Waals surface area contributed by atoms with Gasteiger partial charge in [0, 0.05) is 18.6 Å². The van der Waals surface area contributed by atoms with Crippen LogP contribution in [0.3, 0.4) is 0 Å². The predicted octanol–water partition coefficient (Wildman–Crippen LogP) is 2.58. The molecular weight excluding hydrogens is 186 g/mol. The molecule has 2 aliphatic rings. The zero-order valence-corrected chi connectivity index (χ0v) is 10.2. The fourth-order valence-corrected chi connectivity index (χ4v) is 3.14. The first-order chi connectivity index (χ1) is 7.35. The van der Waals surface area contributed by atoms with E-state index in [0.717, 1.165) is 18.4 Å². The highest BCUT2D eigenvalue weighted by atomic mass is 16.5. The van der Waals surface area contributed by atoms with E-state index in [1.54, 1.807) is 0 Å². The number of ether oxygens (including phenoxy) is 1. The summed E-state index contributed by atoms with van der Waals surface area (Å²) in [7, 11) is 2.12. The van der Waals surface area contributed by atoms with Crippen LogP contribution in [0.2, 0.25) is 0 Å². The van der Waals surface area contributed by atoms with Crippen molar-refractivity contribution in [2.24, 2.45) is 11.8 Å². The SMILES string of the molecule is CCC1OCCC1C(CC1CCC1)NC. The summed E-state index contributed by atoms with van der Waals surface area (Å²) in [5.41, 5.74) is 0. The van der Waals surface area contributed by atoms with Crippen molar-refractivity contribution in [3.8, 4) is 0 Å². The summed E-state index contributed by atoms with van der Waals surface area (Å²) < 4.78 is 5.79. The van der Waals surface area contributed by atoms with Crippen LogP contribution in [-0.2, 0) is 4.74 Å². The zero-order valence-electron chi connectivity index (χ0n) is 10.2. The van der Waals surface area contributed by atoms with Crippen LogP contribution in [0.5, 0.6) is 0 Å². The first-order valence-electron chi connectivity index (χ1n) is 6.64. The molecule has 1 saturated carbocycles. The second-order valence-corrected chi connectivity index (χ2v) is 5.20. The van der Waals surface area contributed by atoms with Crippen LogP contribution < -0.4 is 5.32 Å². The second-order valence-electron chi connectivity index (χ2n) is 5.20. The predicted molar refractivity (Wildman–Crippen MR) is 62.9 cm³/mol. The third kappa shape index (κ3) is 2.54. The summed E-state index contributed by atoms with van der Waals surface area (Å²) >= 11 is 0. The van der Waals surface area contributed by atoms with Crippen molar-refractivity contribution in [3.63, 3.8) is 0 Å². The molecule has 2 heteroatoms. The van der Waals surface area contributed by atoms with Gasteiger partial charge in [0.05, 0.1) is 6.10 Å². The van der Waals surface area contributed by atoms with E-state index in [4.69, 9.17) is 4.74 Å². The van der Waals surface area contributed by atoms with Gasteiger partial charge in [-0.15, -0.1) is 0 Å². The number of rotatable bonds is 5. The van der Waals surface area contributed by atoms with Crippen molar-refractivity contribution in [2.45, 2.75) is 57.6 Å². The van der Waals surface area contributed by atoms with Crippen LogP contribution in [0.25, 0.3) is 0 Å². The molecule has 3 atom stereocenters. The van der Waals surface area contributed by atoms with Crippen LogP contribution in [0.4, 0.5) is 0 Å². The smallest absolute Gasteiger partial charge is 0.0616 e. The number of hydrogen-bond donors (Lipinski definition) is 1. The van der Waals surface area contributed by atoms with E-state index in [2.05, 4.69) is 19.3 Å². The molecule has 1 aliphatic carbocycles. The fraction of sp³-hybridized carbons (Fsp3) is 1.00. The Balaban J connectivity index is 1.86. The third-order valence-electron chi connectivity index (χ3n) is 4.36. The standard InChI is InChI=1S/C13H25NO/c1-3-13-11(7-8-15-13)12(14-2)9-10-5-4-6-10/h10-14H,3-9H2,1-2H3. The van der Waals surface area contributed by atoms with Gasteiger partial charge >= 0.3 is 0 Å². The lowest BCUT2D eigenvalue weighted by molar-refractivity contribution is 0.0727. The molecule has 0 aromatic rings. The highest BCUT2D eigenvalue weighted by Crippen LogP contribution is 2.35. The molecule has 1 saturated heterocycles. The lowest BCUT2D eigenvalue weighted by Crippen LogP contribution is -2.40. The minimum Gasteiger partial charge on any atom is -0.378 e. The lowest BCUT2D eigenvalue weighted by Gasteiger charge is -2.33. The molecule has 1 N–H and O–H groups in total. The van der Waals surface area contributed by atoms with E-state index in [1.165, 1.54) is 38.5 Å². The van der Waals surface area contributed by atoms with E-state index < -0.39 is 0 Å². The van der Waals surface area contributed by atoms with E-state index in [9.17, 15) is 0 Å². The van der Waals surface area contributed by atoms with Crippen LogP contribution in [0.15, 0.2) is 0 Å². The molecule has 2 fully saturated rings. The van der Waals surface area contributed by atoms with Crippen LogP contribution in [0.1, 0.15) is 45.4 Å². The minimum atomic E-state index is 0.516. The Labute approximate surface area is 93.8 Å². The molecule has 3 unspecified atom stereocenters. The van der Waals surface area contributed by atoms with Crippen molar-refractivity contribution in [1.29, 1.82) is 0 Å². The van der Waals surface area contributed by atoms with E-state index in [-0.39, 0.29) is 0 Å². The number of nitrogens with one attached hydrogen (secondary N) is 1. The monoisotopic (exact) mass is 211 g/mol. The minimum absolute atomic E-state index is 0.516. The lowest BCUT2D eigenvalue weighted by atomic mass is 9.77. The van der Waals surface area contributed by atoms with Crippen LogP contribution >= 0.6 is 0 Å². The van der Waals surface area contributed by atoms with E-state index >= 15 is 0 Å². The maximum atomic E-state index is 5.79. The molecule has 2 rings (SSSR count). The molecule has 88 valence electrons. The first kappa shape index (κ1) is 11.4. The maximum absolute atomic E-state index is 5.79. The van der Waals surface area contributed by atoms with Gasteiger partial charge in [-0.2, -0.15) is 0 Å². The molecule has 0 radical (unpaired) electrons. The Hall–Kier alpha value is -0.0800. The van der Waals surface area contributed by atoms with Gasteiger partial charge in [-0.3, -0.25) is 0 Å². The summed E-state index contributed by atoms with van der Waals surface area (Å²) in [6.07, 6.45) is 8.71. The Morgan fingerprint density at radius 3 is 2.67 bits per heavy atom. The molecule has 0 amide bonds. The average Bonchev–Trinajstić information content (AvgIpc) is 2.64. The van der Waals surface area contributed by atoms with Crippen LogP contribution in [-0.4, -0.2) is 25.8 Å². The summed E-state index contributed by atoms with van der Waals surface area (Å²) in [5.74, 6) is 1.76. The van der Waals surface area contributed by atoms with Gasteiger partial charge in [-0.05, 0) is 32.2 Å². The van der Waals surface area contributed by atoms with Crippen LogP contribution in [0, 0.1) is 11.8 Å². The summed E-state index contributed by atoms with van der Waals surface area (Å²) in [4.78, 5) is 0. The molecular formula is C13H25NO. The highest BCUT2D eigenvalue weighted by Gasteiger charge is 2.34. The fourth-order valence-electron chi connectivity index (χ4n) is 3.14. The molecule has 0 aromatic heterocycles. The molecule has 0 bridgehead atoms. The van der Waals surface area contributed by atoms with E-state index in [1.807, 2.05) is 0 Å². The quantitative estimate of drug-likeness (QED) is 0.754. The molecule has 15 heavy (non-hydrogen) atoms. The Kier molecular flexibility index (Phi) is 4.04. The van der Waals surface area contributed by atoms with Crippen molar-refractivity contribution in [1.82, 2.24) is 5.32 Å². The zero-order chi connectivity index (χ0) is 10.7. The third-order valence-corrected chi connectivity index (χ3v) is 4.36. The van der Waals surface area contributed by atoms with Gasteiger partial charge in [0.25, 0.3) is 0 Å². The van der Waals surface area contributed by atoms with E-state index in [0.29, 0.717) is 12.1 Å². The normalized spacial score (nSPS) is 34.0. The summed E-state index contributed by atoms with van der Waals surface area (Å²) in [6, 6.07) is 0.697. The number of hydrogen-bond acceptors (Lipinski definition) is 2. The van der Waals surface area contributed by atoms with Gasteiger partial charge in [0.2, 0.25) is 0 Å².